The van der Waals surface area contributed by atoms with E-state index in [0.717, 1.165) is 30.6 Å². The van der Waals surface area contributed by atoms with Crippen molar-refractivity contribution in [2.75, 3.05) is 0 Å². The van der Waals surface area contributed by atoms with E-state index in [9.17, 15) is 5.11 Å². The van der Waals surface area contributed by atoms with Gasteiger partial charge in [0, 0.05) is 9.75 Å². The van der Waals surface area contributed by atoms with E-state index >= 15 is 0 Å². The first kappa shape index (κ1) is 12.7. The minimum Gasteiger partial charge on any atom is -0.488 e. The van der Waals surface area contributed by atoms with Gasteiger partial charge in [-0.15, -0.1) is 11.3 Å². The summed E-state index contributed by atoms with van der Waals surface area (Å²) in [5.41, 5.74) is 2.29. The lowest BCUT2D eigenvalue weighted by atomic mass is 10.1. The molecule has 3 rings (SSSR count). The fraction of sp³-hybridized carbons (Fsp3) is 0.375. The molecule has 100 valence electrons. The van der Waals surface area contributed by atoms with Crippen LogP contribution in [-0.4, -0.2) is 5.11 Å². The van der Waals surface area contributed by atoms with Crippen LogP contribution in [-0.2, 0) is 19.4 Å². The Balaban J connectivity index is 1.67. The van der Waals surface area contributed by atoms with E-state index < -0.39 is 0 Å². The maximum atomic E-state index is 9.77. The Bertz CT molecular complexity index is 574. The van der Waals surface area contributed by atoms with Crippen LogP contribution in [0.25, 0.3) is 0 Å². The summed E-state index contributed by atoms with van der Waals surface area (Å²) in [6.07, 6.45) is 2.59. The van der Waals surface area contributed by atoms with Crippen molar-refractivity contribution in [2.45, 2.75) is 38.9 Å². The molecule has 0 bridgehead atoms. The van der Waals surface area contributed by atoms with Gasteiger partial charge in [-0.2, -0.15) is 0 Å². The van der Waals surface area contributed by atoms with Crippen molar-refractivity contribution in [3.05, 3.63) is 51.2 Å². The van der Waals surface area contributed by atoms with Crippen molar-refractivity contribution in [1.29, 1.82) is 0 Å². The number of aliphatic hydroxyl groups is 1. The van der Waals surface area contributed by atoms with Crippen LogP contribution in [0.15, 0.2) is 30.3 Å². The molecule has 2 nitrogen and oxygen atoms in total. The number of rotatable bonds is 4. The van der Waals surface area contributed by atoms with E-state index in [-0.39, 0.29) is 6.10 Å². The van der Waals surface area contributed by atoms with Gasteiger partial charge < -0.3 is 9.84 Å². The molecule has 19 heavy (non-hydrogen) atoms. The summed E-state index contributed by atoms with van der Waals surface area (Å²) >= 11 is 1.81. The van der Waals surface area contributed by atoms with Crippen molar-refractivity contribution in [3.8, 4) is 5.75 Å². The highest BCUT2D eigenvalue weighted by atomic mass is 32.1. The fourth-order valence-corrected chi connectivity index (χ4v) is 3.38. The van der Waals surface area contributed by atoms with Gasteiger partial charge in [0.05, 0.1) is 6.10 Å². The molecule has 1 aliphatic carbocycles. The zero-order valence-corrected chi connectivity index (χ0v) is 11.9. The summed E-state index contributed by atoms with van der Waals surface area (Å²) in [4.78, 5) is 2.66. The molecule has 2 aromatic rings. The van der Waals surface area contributed by atoms with Gasteiger partial charge in [-0.05, 0) is 54.7 Å². The van der Waals surface area contributed by atoms with Crippen LogP contribution < -0.4 is 4.74 Å². The highest BCUT2D eigenvalue weighted by Gasteiger charge is 2.20. The van der Waals surface area contributed by atoms with Gasteiger partial charge in [-0.25, -0.2) is 0 Å². The minimum atomic E-state index is -0.284. The summed E-state index contributed by atoms with van der Waals surface area (Å²) in [6, 6.07) is 10.3. The molecule has 1 heterocycles. The Hall–Kier alpha value is -1.32. The molecule has 1 aromatic carbocycles. The molecule has 0 fully saturated rings. The van der Waals surface area contributed by atoms with E-state index in [1.807, 2.05) is 23.5 Å². The summed E-state index contributed by atoms with van der Waals surface area (Å²) in [5.74, 6) is 0.902. The third-order valence-electron chi connectivity index (χ3n) is 3.61. The van der Waals surface area contributed by atoms with E-state index in [0.29, 0.717) is 6.61 Å². The normalized spacial score (nSPS) is 17.5. The predicted octanol–water partition coefficient (Wildman–Crippen LogP) is 3.87. The number of thiophene rings is 1. The van der Waals surface area contributed by atoms with Crippen LogP contribution in [0.4, 0.5) is 0 Å². The number of hydrogen-bond donors (Lipinski definition) is 1. The van der Waals surface area contributed by atoms with Gasteiger partial charge >= 0.3 is 0 Å². The number of fused-ring (bicyclic) bond motifs is 1. The topological polar surface area (TPSA) is 29.5 Å². The Labute approximate surface area is 117 Å². The van der Waals surface area contributed by atoms with Crippen LogP contribution in [0.3, 0.4) is 0 Å². The number of aryl methyl sites for hydroxylation is 2. The molecule has 1 aromatic heterocycles. The van der Waals surface area contributed by atoms with Crippen molar-refractivity contribution >= 4 is 11.3 Å². The second kappa shape index (κ2) is 5.35. The molecule has 1 atom stereocenters. The molecule has 1 aliphatic rings. The minimum absolute atomic E-state index is 0.284. The number of hydrogen-bond acceptors (Lipinski definition) is 3. The van der Waals surface area contributed by atoms with E-state index in [1.165, 1.54) is 15.3 Å². The lowest BCUT2D eigenvalue weighted by Crippen LogP contribution is -1.95. The molecule has 0 saturated heterocycles. The first-order valence-electron chi connectivity index (χ1n) is 6.77. The maximum Gasteiger partial charge on any atom is 0.122 e. The highest BCUT2D eigenvalue weighted by molar-refractivity contribution is 7.11. The molecule has 1 N–H and O–H groups in total. The Kier molecular flexibility index (Phi) is 3.58. The lowest BCUT2D eigenvalue weighted by Gasteiger charge is -2.08. The molecule has 3 heteroatoms. The molecule has 0 aliphatic heterocycles. The van der Waals surface area contributed by atoms with E-state index in [4.69, 9.17) is 4.74 Å². The molecule has 0 radical (unpaired) electrons. The number of ether oxygens (including phenoxy) is 1. The van der Waals surface area contributed by atoms with Crippen LogP contribution in [0, 0.1) is 0 Å². The van der Waals surface area contributed by atoms with Crippen molar-refractivity contribution in [1.82, 2.24) is 0 Å². The Morgan fingerprint density at radius 2 is 2.11 bits per heavy atom. The van der Waals surface area contributed by atoms with Gasteiger partial charge in [-0.1, -0.05) is 13.0 Å². The quantitative estimate of drug-likeness (QED) is 0.917. The van der Waals surface area contributed by atoms with Gasteiger partial charge in [0.2, 0.25) is 0 Å². The predicted molar refractivity (Wildman–Crippen MR) is 77.8 cm³/mol. The SMILES string of the molecule is CCc1ccc(COc2ccc3c(c2)CCC3O)s1. The lowest BCUT2D eigenvalue weighted by molar-refractivity contribution is 0.180. The van der Waals surface area contributed by atoms with Crippen molar-refractivity contribution in [3.63, 3.8) is 0 Å². The van der Waals surface area contributed by atoms with Crippen LogP contribution in [0.2, 0.25) is 0 Å². The van der Waals surface area contributed by atoms with E-state index in [2.05, 4.69) is 25.1 Å². The smallest absolute Gasteiger partial charge is 0.122 e. The maximum absolute atomic E-state index is 9.77. The fourth-order valence-electron chi connectivity index (χ4n) is 2.51. The highest BCUT2D eigenvalue weighted by Crippen LogP contribution is 2.33. The van der Waals surface area contributed by atoms with Crippen LogP contribution >= 0.6 is 11.3 Å². The molecule has 0 saturated carbocycles. The largest absolute Gasteiger partial charge is 0.488 e. The molecular weight excluding hydrogens is 256 g/mol. The van der Waals surface area contributed by atoms with Gasteiger partial charge in [0.1, 0.15) is 12.4 Å². The zero-order chi connectivity index (χ0) is 13.2. The summed E-state index contributed by atoms with van der Waals surface area (Å²) in [6.45, 7) is 2.80. The molecule has 1 unspecified atom stereocenters. The average molecular weight is 274 g/mol. The Morgan fingerprint density at radius 3 is 2.89 bits per heavy atom. The first-order chi connectivity index (χ1) is 9.26. The molecule has 0 spiro atoms. The molecule has 0 amide bonds. The second-order valence-corrected chi connectivity index (χ2v) is 6.18. The zero-order valence-electron chi connectivity index (χ0n) is 11.1. The third kappa shape index (κ3) is 2.67. The van der Waals surface area contributed by atoms with E-state index in [1.54, 1.807) is 0 Å². The third-order valence-corrected chi connectivity index (χ3v) is 4.81. The number of aliphatic hydroxyl groups excluding tert-OH is 1. The van der Waals surface area contributed by atoms with Crippen LogP contribution in [0.5, 0.6) is 5.75 Å². The van der Waals surface area contributed by atoms with Gasteiger partial charge in [0.15, 0.2) is 0 Å². The van der Waals surface area contributed by atoms with Gasteiger partial charge in [-0.3, -0.25) is 0 Å². The number of benzene rings is 1. The standard InChI is InChI=1S/C16H18O2S/c1-2-13-5-6-14(19-13)10-18-12-4-7-15-11(9-12)3-8-16(15)17/h4-7,9,16-17H,2-3,8,10H2,1H3. The summed E-state index contributed by atoms with van der Waals surface area (Å²) in [5, 5.41) is 9.77. The first-order valence-corrected chi connectivity index (χ1v) is 7.59. The van der Waals surface area contributed by atoms with Gasteiger partial charge in [0.25, 0.3) is 0 Å². The summed E-state index contributed by atoms with van der Waals surface area (Å²) in [7, 11) is 0. The summed E-state index contributed by atoms with van der Waals surface area (Å²) < 4.78 is 5.84. The second-order valence-electron chi connectivity index (χ2n) is 4.93. The van der Waals surface area contributed by atoms with Crippen molar-refractivity contribution < 1.29 is 9.84 Å². The van der Waals surface area contributed by atoms with Crippen LogP contribution in [0.1, 0.15) is 40.3 Å². The molecular formula is C16H18O2S. The average Bonchev–Trinajstić information content (AvgIpc) is 3.03. The monoisotopic (exact) mass is 274 g/mol. The van der Waals surface area contributed by atoms with Crippen molar-refractivity contribution in [2.24, 2.45) is 0 Å². The Morgan fingerprint density at radius 1 is 1.26 bits per heavy atom.